The van der Waals surface area contributed by atoms with Crippen LogP contribution in [0.15, 0.2) is 54.6 Å². The third-order valence-corrected chi connectivity index (χ3v) is 6.94. The number of nitrogens with one attached hydrogen (secondary N) is 2. The maximum Gasteiger partial charge on any atom is 0.243 e. The first kappa shape index (κ1) is 25.2. The van der Waals surface area contributed by atoms with E-state index in [1.807, 2.05) is 32.0 Å². The Bertz CT molecular complexity index is 1260. The molecule has 0 radical (unpaired) electrons. The van der Waals surface area contributed by atoms with Crippen LogP contribution in [0, 0.1) is 19.8 Å². The predicted octanol–water partition coefficient (Wildman–Crippen LogP) is 6.34. The Morgan fingerprint density at radius 3 is 2.49 bits per heavy atom. The van der Waals surface area contributed by atoms with E-state index in [0.29, 0.717) is 38.6 Å². The second-order valence-electron chi connectivity index (χ2n) is 8.42. The fourth-order valence-electron chi connectivity index (χ4n) is 3.80. The number of hydrazine groups is 1. The minimum absolute atomic E-state index is 0.0863. The fraction of sp³-hybridized carbons (Fsp3) is 0.231. The summed E-state index contributed by atoms with van der Waals surface area (Å²) in [4.78, 5) is 27.1. The molecule has 182 valence electrons. The smallest absolute Gasteiger partial charge is 0.243 e. The Hall–Kier alpha value is -2.93. The minimum atomic E-state index is -0.498. The van der Waals surface area contributed by atoms with Gasteiger partial charge in [0, 0.05) is 39.3 Å². The van der Waals surface area contributed by atoms with Crippen LogP contribution in [-0.4, -0.2) is 18.4 Å². The predicted molar refractivity (Wildman–Crippen MR) is 140 cm³/mol. The van der Waals surface area contributed by atoms with Crippen molar-refractivity contribution in [2.75, 3.05) is 16.9 Å². The average molecular weight is 533 g/mol. The van der Waals surface area contributed by atoms with Gasteiger partial charge in [0.25, 0.3) is 0 Å². The SMILES string of the molecule is Cc1ccc(N2C[C@H](C(=O)NNc3cc(Cl)ccc3OCc3c(Cl)cccc3Cl)CC2=O)cc1C. The van der Waals surface area contributed by atoms with E-state index >= 15 is 0 Å². The number of ether oxygens (including phenoxy) is 1. The summed E-state index contributed by atoms with van der Waals surface area (Å²) in [5.74, 6) is -0.436. The van der Waals surface area contributed by atoms with E-state index in [2.05, 4.69) is 10.9 Å². The number of aryl methyl sites for hydroxylation is 2. The topological polar surface area (TPSA) is 70.7 Å². The van der Waals surface area contributed by atoms with Crippen molar-refractivity contribution < 1.29 is 14.3 Å². The van der Waals surface area contributed by atoms with Gasteiger partial charge >= 0.3 is 0 Å². The number of amides is 2. The Morgan fingerprint density at radius 1 is 1.03 bits per heavy atom. The number of anilines is 2. The lowest BCUT2D eigenvalue weighted by Gasteiger charge is -2.19. The van der Waals surface area contributed by atoms with Gasteiger partial charge in [-0.05, 0) is 67.4 Å². The summed E-state index contributed by atoms with van der Waals surface area (Å²) in [5.41, 5.74) is 9.71. The number of nitrogens with zero attached hydrogens (tertiary/aromatic N) is 1. The Morgan fingerprint density at radius 2 is 1.77 bits per heavy atom. The molecule has 4 rings (SSSR count). The van der Waals surface area contributed by atoms with Crippen LogP contribution >= 0.6 is 34.8 Å². The monoisotopic (exact) mass is 531 g/mol. The lowest BCUT2D eigenvalue weighted by molar-refractivity contribution is -0.125. The van der Waals surface area contributed by atoms with E-state index < -0.39 is 5.92 Å². The summed E-state index contributed by atoms with van der Waals surface area (Å²) >= 11 is 18.6. The van der Waals surface area contributed by atoms with Gasteiger partial charge in [-0.15, -0.1) is 0 Å². The number of hydrogen-bond acceptors (Lipinski definition) is 4. The van der Waals surface area contributed by atoms with Crippen molar-refractivity contribution in [3.05, 3.63) is 86.4 Å². The number of rotatable bonds is 7. The van der Waals surface area contributed by atoms with Crippen molar-refractivity contribution in [1.82, 2.24) is 5.43 Å². The molecule has 1 aliphatic heterocycles. The van der Waals surface area contributed by atoms with Crippen LogP contribution in [0.4, 0.5) is 11.4 Å². The molecule has 0 aliphatic carbocycles. The molecular weight excluding hydrogens is 509 g/mol. The van der Waals surface area contributed by atoms with Crippen LogP contribution in [0.2, 0.25) is 15.1 Å². The molecule has 3 aromatic carbocycles. The number of benzene rings is 3. The lowest BCUT2D eigenvalue weighted by Crippen LogP contribution is -2.36. The van der Waals surface area contributed by atoms with Crippen LogP contribution in [0.1, 0.15) is 23.1 Å². The van der Waals surface area contributed by atoms with Crippen molar-refractivity contribution >= 4 is 58.0 Å². The summed E-state index contributed by atoms with van der Waals surface area (Å²) in [5, 5.41) is 1.45. The van der Waals surface area contributed by atoms with Crippen molar-refractivity contribution in [3.63, 3.8) is 0 Å². The van der Waals surface area contributed by atoms with E-state index in [1.165, 1.54) is 0 Å². The van der Waals surface area contributed by atoms with Gasteiger partial charge in [0.2, 0.25) is 11.8 Å². The largest absolute Gasteiger partial charge is 0.487 e. The van der Waals surface area contributed by atoms with Gasteiger partial charge in [-0.3, -0.25) is 20.4 Å². The van der Waals surface area contributed by atoms with E-state index in [4.69, 9.17) is 39.5 Å². The molecular formula is C26H24Cl3N3O3. The highest BCUT2D eigenvalue weighted by Gasteiger charge is 2.35. The molecule has 6 nitrogen and oxygen atoms in total. The number of hydrogen-bond donors (Lipinski definition) is 2. The zero-order valence-corrected chi connectivity index (χ0v) is 21.5. The second kappa shape index (κ2) is 10.8. The third-order valence-electron chi connectivity index (χ3n) is 5.99. The number of carbonyl (C=O) groups is 2. The first-order valence-corrected chi connectivity index (χ1v) is 12.1. The van der Waals surface area contributed by atoms with Gasteiger partial charge in [0.05, 0.1) is 11.6 Å². The molecule has 2 amide bonds. The van der Waals surface area contributed by atoms with E-state index in [1.54, 1.807) is 41.3 Å². The minimum Gasteiger partial charge on any atom is -0.487 e. The maximum atomic E-state index is 12.9. The molecule has 9 heteroatoms. The summed E-state index contributed by atoms with van der Waals surface area (Å²) < 4.78 is 5.91. The van der Waals surface area contributed by atoms with Gasteiger partial charge in [-0.1, -0.05) is 46.9 Å². The van der Waals surface area contributed by atoms with Gasteiger partial charge < -0.3 is 9.64 Å². The van der Waals surface area contributed by atoms with Crippen LogP contribution in [0.3, 0.4) is 0 Å². The molecule has 2 N–H and O–H groups in total. The molecule has 1 saturated heterocycles. The van der Waals surface area contributed by atoms with E-state index in [9.17, 15) is 9.59 Å². The van der Waals surface area contributed by atoms with Crippen molar-refractivity contribution in [2.45, 2.75) is 26.9 Å². The van der Waals surface area contributed by atoms with Crippen molar-refractivity contribution in [1.29, 1.82) is 0 Å². The number of carbonyl (C=O) groups excluding carboxylic acids is 2. The summed E-state index contributed by atoms with van der Waals surface area (Å²) in [6.07, 6.45) is 0.129. The highest BCUT2D eigenvalue weighted by atomic mass is 35.5. The maximum absolute atomic E-state index is 12.9. The Kier molecular flexibility index (Phi) is 7.75. The molecule has 0 unspecified atom stereocenters. The molecule has 0 spiro atoms. The van der Waals surface area contributed by atoms with Gasteiger partial charge in [-0.25, -0.2) is 0 Å². The lowest BCUT2D eigenvalue weighted by atomic mass is 10.1. The zero-order chi connectivity index (χ0) is 25.1. The molecule has 0 saturated carbocycles. The molecule has 1 atom stereocenters. The highest BCUT2D eigenvalue weighted by molar-refractivity contribution is 6.36. The van der Waals surface area contributed by atoms with Gasteiger partial charge in [0.1, 0.15) is 12.4 Å². The molecule has 35 heavy (non-hydrogen) atoms. The fourth-order valence-corrected chi connectivity index (χ4v) is 4.48. The molecule has 0 aromatic heterocycles. The van der Waals surface area contributed by atoms with Crippen molar-refractivity contribution in [2.24, 2.45) is 5.92 Å². The summed E-state index contributed by atoms with van der Waals surface area (Å²) in [6.45, 7) is 4.45. The first-order valence-electron chi connectivity index (χ1n) is 11.0. The summed E-state index contributed by atoms with van der Waals surface area (Å²) in [6, 6.07) is 16.1. The zero-order valence-electron chi connectivity index (χ0n) is 19.2. The first-order chi connectivity index (χ1) is 16.7. The second-order valence-corrected chi connectivity index (χ2v) is 9.67. The van der Waals surface area contributed by atoms with Gasteiger partial charge in [0.15, 0.2) is 0 Å². The highest BCUT2D eigenvalue weighted by Crippen LogP contribution is 2.31. The molecule has 0 bridgehead atoms. The quantitative estimate of drug-likeness (QED) is 0.348. The third kappa shape index (κ3) is 5.84. The van der Waals surface area contributed by atoms with E-state index in [-0.39, 0.29) is 24.8 Å². The van der Waals surface area contributed by atoms with E-state index in [0.717, 1.165) is 16.8 Å². The molecule has 1 aliphatic rings. The summed E-state index contributed by atoms with van der Waals surface area (Å²) in [7, 11) is 0. The molecule has 3 aromatic rings. The normalized spacial score (nSPS) is 15.3. The van der Waals surface area contributed by atoms with Crippen LogP contribution < -0.4 is 20.5 Å². The Labute approximate surface area is 219 Å². The Balaban J connectivity index is 1.41. The van der Waals surface area contributed by atoms with Crippen molar-refractivity contribution in [3.8, 4) is 5.75 Å². The average Bonchev–Trinajstić information content (AvgIpc) is 3.21. The van der Waals surface area contributed by atoms with Crippen LogP contribution in [-0.2, 0) is 16.2 Å². The standard InChI is InChI=1S/C26H24Cl3N3O3/c1-15-6-8-19(10-16(15)2)32-13-17(11-25(32)33)26(34)31-30-23-12-18(27)7-9-24(23)35-14-20-21(28)4-3-5-22(20)29/h3-10,12,17,30H,11,13-14H2,1-2H3,(H,31,34)/t17-/m1/s1. The van der Waals surface area contributed by atoms with Crippen LogP contribution in [0.5, 0.6) is 5.75 Å². The van der Waals surface area contributed by atoms with Gasteiger partial charge in [-0.2, -0.15) is 0 Å². The molecule has 1 heterocycles. The molecule has 1 fully saturated rings. The number of halogens is 3. The van der Waals surface area contributed by atoms with Crippen LogP contribution in [0.25, 0.3) is 0 Å².